The molecule has 6 heteroatoms. The SMILES string of the molecule is C=CC(C/C=C/C1Nc2ccc3[nH]ncc3c2C2=C1CCCC2)C(N)NC#N. The summed E-state index contributed by atoms with van der Waals surface area (Å²) >= 11 is 0. The van der Waals surface area contributed by atoms with E-state index >= 15 is 0 Å². The topological polar surface area (TPSA) is 103 Å². The van der Waals surface area contributed by atoms with Crippen molar-refractivity contribution in [1.82, 2.24) is 15.5 Å². The molecule has 0 radical (unpaired) electrons. The van der Waals surface area contributed by atoms with Gasteiger partial charge in [0.25, 0.3) is 0 Å². The third-order valence-electron chi connectivity index (χ3n) is 5.85. The van der Waals surface area contributed by atoms with E-state index in [1.165, 1.54) is 40.6 Å². The van der Waals surface area contributed by atoms with Gasteiger partial charge in [-0.15, -0.1) is 6.58 Å². The molecule has 0 fully saturated rings. The first-order valence-corrected chi connectivity index (χ1v) is 9.87. The van der Waals surface area contributed by atoms with Crippen molar-refractivity contribution in [2.24, 2.45) is 11.7 Å². The van der Waals surface area contributed by atoms with Crippen LogP contribution in [0.25, 0.3) is 16.5 Å². The summed E-state index contributed by atoms with van der Waals surface area (Å²) in [6.45, 7) is 3.85. The maximum atomic E-state index is 8.78. The Morgan fingerprint density at radius 2 is 2.25 bits per heavy atom. The van der Waals surface area contributed by atoms with Crippen LogP contribution in [0.15, 0.2) is 48.7 Å². The van der Waals surface area contributed by atoms with Crippen molar-refractivity contribution in [2.45, 2.75) is 44.3 Å². The van der Waals surface area contributed by atoms with E-state index < -0.39 is 6.17 Å². The Morgan fingerprint density at radius 3 is 3.07 bits per heavy atom. The second kappa shape index (κ2) is 7.91. The van der Waals surface area contributed by atoms with Gasteiger partial charge in [0.2, 0.25) is 0 Å². The lowest BCUT2D eigenvalue weighted by Gasteiger charge is -2.34. The van der Waals surface area contributed by atoms with E-state index in [1.54, 1.807) is 0 Å². The van der Waals surface area contributed by atoms with Gasteiger partial charge in [-0.2, -0.15) is 10.4 Å². The molecule has 0 amide bonds. The molecule has 2 aromatic rings. The van der Waals surface area contributed by atoms with Crippen LogP contribution >= 0.6 is 0 Å². The number of hydrogen-bond donors (Lipinski definition) is 4. The van der Waals surface area contributed by atoms with Crippen LogP contribution in [0.4, 0.5) is 5.69 Å². The zero-order chi connectivity index (χ0) is 19.5. The van der Waals surface area contributed by atoms with Crippen LogP contribution in [-0.2, 0) is 0 Å². The van der Waals surface area contributed by atoms with Gasteiger partial charge in [0, 0.05) is 22.6 Å². The van der Waals surface area contributed by atoms with Gasteiger partial charge >= 0.3 is 0 Å². The molecule has 28 heavy (non-hydrogen) atoms. The summed E-state index contributed by atoms with van der Waals surface area (Å²) in [6, 6.07) is 4.43. The molecule has 0 spiro atoms. The van der Waals surface area contributed by atoms with Crippen LogP contribution in [0.3, 0.4) is 0 Å². The number of aromatic amines is 1. The molecule has 3 unspecified atom stereocenters. The van der Waals surface area contributed by atoms with E-state index in [1.807, 2.05) is 18.5 Å². The number of anilines is 1. The predicted octanol–water partition coefficient (Wildman–Crippen LogP) is 3.79. The van der Waals surface area contributed by atoms with E-state index in [0.29, 0.717) is 0 Å². The molecule has 1 aromatic carbocycles. The Labute approximate surface area is 165 Å². The molecule has 0 saturated heterocycles. The number of benzene rings is 1. The van der Waals surface area contributed by atoms with Gasteiger partial charge in [0.15, 0.2) is 6.19 Å². The number of H-pyrrole nitrogens is 1. The third kappa shape index (κ3) is 3.30. The van der Waals surface area contributed by atoms with Crippen molar-refractivity contribution in [1.29, 1.82) is 5.26 Å². The zero-order valence-corrected chi connectivity index (χ0v) is 15.9. The van der Waals surface area contributed by atoms with Gasteiger partial charge in [0.05, 0.1) is 23.9 Å². The fourth-order valence-electron chi connectivity index (χ4n) is 4.38. The normalized spacial score (nSPS) is 20.8. The van der Waals surface area contributed by atoms with Gasteiger partial charge in [-0.25, -0.2) is 0 Å². The monoisotopic (exact) mass is 374 g/mol. The maximum Gasteiger partial charge on any atom is 0.177 e. The van der Waals surface area contributed by atoms with Gasteiger partial charge in [-0.1, -0.05) is 18.2 Å². The number of fused-ring (bicyclic) bond motifs is 4. The van der Waals surface area contributed by atoms with Crippen LogP contribution in [0.2, 0.25) is 0 Å². The zero-order valence-electron chi connectivity index (χ0n) is 15.9. The molecule has 0 saturated carbocycles. The molecule has 0 bridgehead atoms. The second-order valence-corrected chi connectivity index (χ2v) is 7.50. The van der Waals surface area contributed by atoms with Gasteiger partial charge in [0.1, 0.15) is 0 Å². The smallest absolute Gasteiger partial charge is 0.177 e. The Balaban J connectivity index is 1.61. The van der Waals surface area contributed by atoms with Crippen LogP contribution < -0.4 is 16.4 Å². The van der Waals surface area contributed by atoms with E-state index in [9.17, 15) is 0 Å². The third-order valence-corrected chi connectivity index (χ3v) is 5.85. The number of nitrogens with one attached hydrogen (secondary N) is 3. The summed E-state index contributed by atoms with van der Waals surface area (Å²) in [5, 5.41) is 23.6. The Kier molecular flexibility index (Phi) is 5.18. The highest BCUT2D eigenvalue weighted by Gasteiger charge is 2.28. The largest absolute Gasteiger partial charge is 0.375 e. The Bertz CT molecular complexity index is 977. The van der Waals surface area contributed by atoms with E-state index in [0.717, 1.165) is 24.8 Å². The van der Waals surface area contributed by atoms with Crippen molar-refractivity contribution in [3.63, 3.8) is 0 Å². The molecule has 2 heterocycles. The summed E-state index contributed by atoms with van der Waals surface area (Å²) in [5.74, 6) is 0.0112. The molecule has 1 aliphatic heterocycles. The first kappa shape index (κ1) is 18.3. The minimum absolute atomic E-state index is 0.0112. The lowest BCUT2D eigenvalue weighted by atomic mass is 9.79. The predicted molar refractivity (Wildman–Crippen MR) is 113 cm³/mol. The van der Waals surface area contributed by atoms with E-state index in [2.05, 4.69) is 51.7 Å². The maximum absolute atomic E-state index is 8.78. The van der Waals surface area contributed by atoms with Crippen LogP contribution in [0, 0.1) is 17.4 Å². The van der Waals surface area contributed by atoms with Crippen molar-refractivity contribution >= 4 is 22.2 Å². The van der Waals surface area contributed by atoms with Crippen LogP contribution in [-0.4, -0.2) is 22.4 Å². The highest BCUT2D eigenvalue weighted by Crippen LogP contribution is 2.44. The summed E-state index contributed by atoms with van der Waals surface area (Å²) in [4.78, 5) is 0. The lowest BCUT2D eigenvalue weighted by molar-refractivity contribution is 0.471. The van der Waals surface area contributed by atoms with Crippen LogP contribution in [0.1, 0.15) is 37.7 Å². The van der Waals surface area contributed by atoms with Gasteiger partial charge < -0.3 is 16.4 Å². The molecule has 1 aromatic heterocycles. The first-order chi connectivity index (χ1) is 13.7. The second-order valence-electron chi connectivity index (χ2n) is 7.50. The molecular weight excluding hydrogens is 348 g/mol. The summed E-state index contributed by atoms with van der Waals surface area (Å²) in [5.41, 5.74) is 12.5. The number of nitrogens with zero attached hydrogens (tertiary/aromatic N) is 2. The van der Waals surface area contributed by atoms with Gasteiger partial charge in [-0.3, -0.25) is 5.10 Å². The first-order valence-electron chi connectivity index (χ1n) is 9.87. The molecule has 5 N–H and O–H groups in total. The number of hydrogen-bond acceptors (Lipinski definition) is 5. The summed E-state index contributed by atoms with van der Waals surface area (Å²) in [6.07, 6.45) is 15.1. The fraction of sp³-hybridized carbons (Fsp3) is 0.364. The van der Waals surface area contributed by atoms with Gasteiger partial charge in [-0.05, 0) is 55.4 Å². The van der Waals surface area contributed by atoms with Crippen molar-refractivity contribution in [3.05, 3.63) is 54.3 Å². The van der Waals surface area contributed by atoms with E-state index in [-0.39, 0.29) is 12.0 Å². The molecule has 144 valence electrons. The number of allylic oxidation sites excluding steroid dienone is 2. The van der Waals surface area contributed by atoms with Crippen molar-refractivity contribution < 1.29 is 0 Å². The number of rotatable bonds is 6. The van der Waals surface area contributed by atoms with Crippen LogP contribution in [0.5, 0.6) is 0 Å². The number of nitriles is 1. The molecule has 3 atom stereocenters. The van der Waals surface area contributed by atoms with Crippen molar-refractivity contribution in [3.8, 4) is 6.19 Å². The molecular formula is C22H26N6. The number of aromatic nitrogens is 2. The summed E-state index contributed by atoms with van der Waals surface area (Å²) < 4.78 is 0. The highest BCUT2D eigenvalue weighted by atomic mass is 15.1. The average molecular weight is 374 g/mol. The molecule has 4 rings (SSSR count). The average Bonchev–Trinajstić information content (AvgIpc) is 3.20. The minimum Gasteiger partial charge on any atom is -0.375 e. The highest BCUT2D eigenvalue weighted by molar-refractivity contribution is 6.00. The minimum atomic E-state index is -0.411. The number of nitrogens with two attached hydrogens (primary N) is 1. The fourth-order valence-corrected chi connectivity index (χ4v) is 4.38. The lowest BCUT2D eigenvalue weighted by Crippen LogP contribution is -2.40. The summed E-state index contributed by atoms with van der Waals surface area (Å²) in [7, 11) is 0. The Hall–Kier alpha value is -3.04. The quantitative estimate of drug-likeness (QED) is 0.267. The standard InChI is InChI=1S/C22H26N6/c1-2-14(22(24)25-13-23)6-5-9-18-15-7-3-4-8-16(15)21-17-12-26-28-19(17)10-11-20(21)27-18/h2,5,9-12,14,18,22,25,27H,1,3-4,6-8,24H2,(H,26,28)/b9-5+. The molecule has 1 aliphatic carbocycles. The Morgan fingerprint density at radius 1 is 1.39 bits per heavy atom. The van der Waals surface area contributed by atoms with E-state index in [4.69, 9.17) is 11.0 Å². The van der Waals surface area contributed by atoms with Crippen molar-refractivity contribution in [2.75, 3.05) is 5.32 Å². The molecule has 6 nitrogen and oxygen atoms in total. The molecule has 2 aliphatic rings.